The SMILES string of the molecule is CC1=C(C(=O)Nc2ccccc2C)C(c2ccc(Cl)cc2Cl)NC(=S)N1. The van der Waals surface area contributed by atoms with Crippen LogP contribution in [-0.2, 0) is 4.79 Å². The molecule has 4 nitrogen and oxygen atoms in total. The van der Waals surface area contributed by atoms with E-state index in [0.29, 0.717) is 26.4 Å². The Balaban J connectivity index is 2.00. The van der Waals surface area contributed by atoms with Crippen LogP contribution in [0.15, 0.2) is 53.7 Å². The third kappa shape index (κ3) is 3.85. The predicted octanol–water partition coefficient (Wildman–Crippen LogP) is 4.73. The summed E-state index contributed by atoms with van der Waals surface area (Å²) >= 11 is 17.6. The minimum Gasteiger partial charge on any atom is -0.351 e. The van der Waals surface area contributed by atoms with E-state index in [4.69, 9.17) is 35.4 Å². The molecule has 1 amide bonds. The molecule has 1 unspecified atom stereocenters. The molecule has 0 saturated heterocycles. The minimum absolute atomic E-state index is 0.227. The Hall–Kier alpha value is -2.08. The number of anilines is 1. The van der Waals surface area contributed by atoms with Crippen molar-refractivity contribution in [3.63, 3.8) is 0 Å². The van der Waals surface area contributed by atoms with Crippen LogP contribution in [0.5, 0.6) is 0 Å². The molecule has 0 fully saturated rings. The number of aryl methyl sites for hydroxylation is 1. The van der Waals surface area contributed by atoms with Crippen LogP contribution in [0, 0.1) is 6.92 Å². The van der Waals surface area contributed by atoms with Gasteiger partial charge in [0.25, 0.3) is 5.91 Å². The van der Waals surface area contributed by atoms with E-state index in [-0.39, 0.29) is 5.91 Å². The summed E-state index contributed by atoms with van der Waals surface area (Å²) in [5, 5.41) is 10.5. The topological polar surface area (TPSA) is 53.2 Å². The standard InChI is InChI=1S/C19H17Cl2N3OS/c1-10-5-3-4-6-15(10)23-18(25)16-11(2)22-19(26)24-17(16)13-8-7-12(20)9-14(13)21/h3-9,17H,1-2H3,(H,23,25)(H2,22,24,26). The van der Waals surface area contributed by atoms with Crippen LogP contribution in [0.2, 0.25) is 10.0 Å². The third-order valence-corrected chi connectivity index (χ3v) is 4.96. The zero-order chi connectivity index (χ0) is 18.8. The van der Waals surface area contributed by atoms with Crippen LogP contribution >= 0.6 is 35.4 Å². The first-order valence-corrected chi connectivity index (χ1v) is 9.13. The lowest BCUT2D eigenvalue weighted by Crippen LogP contribution is -2.45. The van der Waals surface area contributed by atoms with E-state index in [1.807, 2.05) is 38.1 Å². The molecular formula is C19H17Cl2N3OS. The molecule has 1 aliphatic rings. The molecule has 0 saturated carbocycles. The molecule has 3 N–H and O–H groups in total. The Morgan fingerprint density at radius 3 is 2.58 bits per heavy atom. The van der Waals surface area contributed by atoms with Crippen molar-refractivity contribution in [2.24, 2.45) is 0 Å². The van der Waals surface area contributed by atoms with E-state index in [0.717, 1.165) is 16.8 Å². The second kappa shape index (κ2) is 7.66. The summed E-state index contributed by atoms with van der Waals surface area (Å²) in [5.41, 5.74) is 3.66. The summed E-state index contributed by atoms with van der Waals surface area (Å²) in [6.45, 7) is 3.76. The molecule has 134 valence electrons. The van der Waals surface area contributed by atoms with Gasteiger partial charge in [0.05, 0.1) is 11.6 Å². The molecule has 0 bridgehead atoms. The van der Waals surface area contributed by atoms with Gasteiger partial charge in [-0.05, 0) is 55.4 Å². The monoisotopic (exact) mass is 405 g/mol. The minimum atomic E-state index is -0.475. The Morgan fingerprint density at radius 2 is 1.88 bits per heavy atom. The van der Waals surface area contributed by atoms with Gasteiger partial charge in [-0.25, -0.2) is 0 Å². The molecule has 0 radical (unpaired) electrons. The van der Waals surface area contributed by atoms with E-state index in [9.17, 15) is 4.79 Å². The first-order chi connectivity index (χ1) is 12.4. The Kier molecular flexibility index (Phi) is 5.51. The van der Waals surface area contributed by atoms with Crippen molar-refractivity contribution in [1.29, 1.82) is 0 Å². The average molecular weight is 406 g/mol. The molecule has 0 aliphatic carbocycles. The molecule has 7 heteroatoms. The van der Waals surface area contributed by atoms with Gasteiger partial charge in [0.2, 0.25) is 0 Å². The quantitative estimate of drug-likeness (QED) is 0.645. The van der Waals surface area contributed by atoms with Crippen molar-refractivity contribution in [1.82, 2.24) is 10.6 Å². The molecule has 26 heavy (non-hydrogen) atoms. The maximum atomic E-state index is 13.0. The normalized spacial score (nSPS) is 16.8. The number of para-hydroxylation sites is 1. The van der Waals surface area contributed by atoms with Gasteiger partial charge in [-0.1, -0.05) is 47.5 Å². The molecule has 0 aromatic heterocycles. The summed E-state index contributed by atoms with van der Waals surface area (Å²) < 4.78 is 0. The van der Waals surface area contributed by atoms with E-state index < -0.39 is 6.04 Å². The first kappa shape index (κ1) is 18.7. The van der Waals surface area contributed by atoms with Gasteiger partial charge >= 0.3 is 0 Å². The Morgan fingerprint density at radius 1 is 1.15 bits per heavy atom. The Labute approximate surface area is 167 Å². The van der Waals surface area contributed by atoms with E-state index in [2.05, 4.69) is 16.0 Å². The fraction of sp³-hybridized carbons (Fsp3) is 0.158. The summed E-state index contributed by atoms with van der Waals surface area (Å²) in [7, 11) is 0. The smallest absolute Gasteiger partial charge is 0.255 e. The van der Waals surface area contributed by atoms with E-state index >= 15 is 0 Å². The zero-order valence-electron chi connectivity index (χ0n) is 14.2. The van der Waals surface area contributed by atoms with Crippen LogP contribution in [-0.4, -0.2) is 11.0 Å². The fourth-order valence-corrected chi connectivity index (χ4v) is 3.66. The third-order valence-electron chi connectivity index (χ3n) is 4.18. The Bertz CT molecular complexity index is 927. The second-order valence-electron chi connectivity index (χ2n) is 6.01. The van der Waals surface area contributed by atoms with Crippen molar-refractivity contribution in [3.8, 4) is 0 Å². The van der Waals surface area contributed by atoms with Crippen LogP contribution < -0.4 is 16.0 Å². The van der Waals surface area contributed by atoms with E-state index in [1.165, 1.54) is 0 Å². The molecule has 0 spiro atoms. The van der Waals surface area contributed by atoms with Gasteiger partial charge in [-0.15, -0.1) is 0 Å². The van der Waals surface area contributed by atoms with Gasteiger partial charge < -0.3 is 16.0 Å². The van der Waals surface area contributed by atoms with E-state index in [1.54, 1.807) is 18.2 Å². The van der Waals surface area contributed by atoms with Crippen molar-refractivity contribution >= 4 is 52.1 Å². The second-order valence-corrected chi connectivity index (χ2v) is 7.26. The van der Waals surface area contributed by atoms with Gasteiger partial charge in [0, 0.05) is 21.4 Å². The lowest BCUT2D eigenvalue weighted by Gasteiger charge is -2.31. The van der Waals surface area contributed by atoms with Gasteiger partial charge in [-0.3, -0.25) is 4.79 Å². The predicted molar refractivity (Wildman–Crippen MR) is 111 cm³/mol. The van der Waals surface area contributed by atoms with Gasteiger partial charge in [-0.2, -0.15) is 0 Å². The highest BCUT2D eigenvalue weighted by Gasteiger charge is 2.31. The summed E-state index contributed by atoms with van der Waals surface area (Å²) in [6.07, 6.45) is 0. The number of hydrogen-bond acceptors (Lipinski definition) is 2. The number of carbonyl (C=O) groups is 1. The van der Waals surface area contributed by atoms with Crippen LogP contribution in [0.4, 0.5) is 5.69 Å². The van der Waals surface area contributed by atoms with Crippen LogP contribution in [0.25, 0.3) is 0 Å². The van der Waals surface area contributed by atoms with Crippen molar-refractivity contribution in [2.45, 2.75) is 19.9 Å². The number of allylic oxidation sites excluding steroid dienone is 1. The molecule has 1 aliphatic heterocycles. The lowest BCUT2D eigenvalue weighted by atomic mass is 9.94. The highest BCUT2D eigenvalue weighted by atomic mass is 35.5. The molecule has 2 aromatic rings. The summed E-state index contributed by atoms with van der Waals surface area (Å²) in [5.74, 6) is -0.227. The molecule has 3 rings (SSSR count). The summed E-state index contributed by atoms with van der Waals surface area (Å²) in [4.78, 5) is 13.0. The van der Waals surface area contributed by atoms with Gasteiger partial charge in [0.1, 0.15) is 0 Å². The number of rotatable bonds is 3. The number of nitrogens with one attached hydrogen (secondary N) is 3. The fourth-order valence-electron chi connectivity index (χ4n) is 2.87. The lowest BCUT2D eigenvalue weighted by molar-refractivity contribution is -0.113. The maximum Gasteiger partial charge on any atom is 0.255 e. The van der Waals surface area contributed by atoms with Crippen LogP contribution in [0.3, 0.4) is 0 Å². The van der Waals surface area contributed by atoms with Crippen molar-refractivity contribution < 1.29 is 4.79 Å². The van der Waals surface area contributed by atoms with Crippen molar-refractivity contribution in [2.75, 3.05) is 5.32 Å². The molecule has 2 aromatic carbocycles. The highest BCUT2D eigenvalue weighted by Crippen LogP contribution is 2.33. The first-order valence-electron chi connectivity index (χ1n) is 7.97. The van der Waals surface area contributed by atoms with Crippen molar-refractivity contribution in [3.05, 3.63) is 74.9 Å². The molecule has 1 atom stereocenters. The number of benzene rings is 2. The zero-order valence-corrected chi connectivity index (χ0v) is 16.5. The van der Waals surface area contributed by atoms with Gasteiger partial charge in [0.15, 0.2) is 5.11 Å². The average Bonchev–Trinajstić information content (AvgIpc) is 2.56. The summed E-state index contributed by atoms with van der Waals surface area (Å²) in [6, 6.07) is 12.3. The van der Waals surface area contributed by atoms with Crippen LogP contribution in [0.1, 0.15) is 24.1 Å². The number of halogens is 2. The highest BCUT2D eigenvalue weighted by molar-refractivity contribution is 7.80. The number of amides is 1. The number of hydrogen-bond donors (Lipinski definition) is 3. The number of thiocarbonyl (C=S) groups is 1. The molecular weight excluding hydrogens is 389 g/mol. The maximum absolute atomic E-state index is 13.0. The number of carbonyl (C=O) groups excluding carboxylic acids is 1. The largest absolute Gasteiger partial charge is 0.351 e. The molecule has 1 heterocycles.